The summed E-state index contributed by atoms with van der Waals surface area (Å²) in [6.45, 7) is 1.28. The van der Waals surface area contributed by atoms with Crippen molar-refractivity contribution in [3.8, 4) is 5.88 Å². The summed E-state index contributed by atoms with van der Waals surface area (Å²) in [4.78, 5) is 8.31. The molecule has 1 saturated heterocycles. The van der Waals surface area contributed by atoms with Crippen molar-refractivity contribution in [3.05, 3.63) is 41.5 Å². The van der Waals surface area contributed by atoms with Crippen LogP contribution in [-0.4, -0.2) is 43.8 Å². The van der Waals surface area contributed by atoms with E-state index in [1.165, 1.54) is 25.3 Å². The number of benzene rings is 1. The van der Waals surface area contributed by atoms with E-state index < -0.39 is 26.9 Å². The van der Waals surface area contributed by atoms with Gasteiger partial charge in [0.1, 0.15) is 5.82 Å². The third-order valence-electron chi connectivity index (χ3n) is 4.25. The molecule has 7 nitrogen and oxygen atoms in total. The largest absolute Gasteiger partial charge is 0.481 e. The summed E-state index contributed by atoms with van der Waals surface area (Å²) in [6, 6.07) is 5.30. The lowest BCUT2D eigenvalue weighted by atomic mass is 10.2. The zero-order valence-corrected chi connectivity index (χ0v) is 16.7. The molecule has 0 unspecified atom stereocenters. The molecule has 11 heteroatoms. The fraction of sp³-hybridized carbons (Fsp3) is 0.412. The Balaban J connectivity index is 1.77. The van der Waals surface area contributed by atoms with E-state index in [2.05, 4.69) is 20.0 Å². The van der Waals surface area contributed by atoms with E-state index in [0.717, 1.165) is 17.8 Å². The molecule has 0 amide bonds. The van der Waals surface area contributed by atoms with Gasteiger partial charge in [0, 0.05) is 17.4 Å². The molecule has 0 spiro atoms. The highest BCUT2D eigenvalue weighted by atomic mass is 32.2. The van der Waals surface area contributed by atoms with E-state index in [1.54, 1.807) is 0 Å². The molecule has 0 aliphatic carbocycles. The van der Waals surface area contributed by atoms with Gasteiger partial charge >= 0.3 is 0 Å². The number of hydrogen-bond donors (Lipinski definition) is 2. The van der Waals surface area contributed by atoms with Gasteiger partial charge in [-0.2, -0.15) is 4.98 Å². The Hall–Kier alpha value is -1.98. The highest BCUT2D eigenvalue weighted by molar-refractivity contribution is 7.98. The lowest BCUT2D eigenvalue weighted by molar-refractivity contribution is 0.393. The highest BCUT2D eigenvalue weighted by Gasteiger charge is 2.27. The minimum Gasteiger partial charge on any atom is -0.481 e. The van der Waals surface area contributed by atoms with Gasteiger partial charge in [0.05, 0.1) is 12.4 Å². The zero-order valence-electron chi connectivity index (χ0n) is 15.1. The first-order valence-corrected chi connectivity index (χ1v) is 11.1. The number of rotatable bonds is 7. The van der Waals surface area contributed by atoms with E-state index in [1.807, 2.05) is 0 Å². The van der Waals surface area contributed by atoms with Crippen molar-refractivity contribution in [1.82, 2.24) is 15.3 Å². The number of aromatic nitrogens is 2. The van der Waals surface area contributed by atoms with Crippen molar-refractivity contribution in [3.63, 3.8) is 0 Å². The Kier molecular flexibility index (Phi) is 6.68. The second-order valence-corrected chi connectivity index (χ2v) is 9.08. The molecule has 0 bridgehead atoms. The second-order valence-electron chi connectivity index (χ2n) is 6.18. The first-order valence-electron chi connectivity index (χ1n) is 8.60. The van der Waals surface area contributed by atoms with Gasteiger partial charge in [0.15, 0.2) is 16.8 Å². The third kappa shape index (κ3) is 5.09. The van der Waals surface area contributed by atoms with Crippen LogP contribution in [-0.2, 0) is 15.8 Å². The van der Waals surface area contributed by atoms with Crippen LogP contribution >= 0.6 is 11.8 Å². The van der Waals surface area contributed by atoms with Crippen LogP contribution in [0.15, 0.2) is 29.4 Å². The van der Waals surface area contributed by atoms with Crippen LogP contribution in [0.3, 0.4) is 0 Å². The van der Waals surface area contributed by atoms with Crippen molar-refractivity contribution in [2.75, 3.05) is 24.9 Å². The summed E-state index contributed by atoms with van der Waals surface area (Å²) in [5.74, 6) is -1.53. The van der Waals surface area contributed by atoms with Crippen LogP contribution in [0.5, 0.6) is 5.88 Å². The van der Waals surface area contributed by atoms with Crippen molar-refractivity contribution in [2.24, 2.45) is 0 Å². The molecule has 3 rings (SSSR count). The number of thioether (sulfide) groups is 1. The van der Waals surface area contributed by atoms with E-state index in [-0.39, 0.29) is 28.2 Å². The highest BCUT2D eigenvalue weighted by Crippen LogP contribution is 2.26. The fourth-order valence-electron chi connectivity index (χ4n) is 2.76. The standard InChI is InChI=1S/C17H20F2N4O3S2/c1-26-15-9-14(23-28(24,25)12-5-7-20-8-6-12)21-17(22-15)27-10-11-3-2-4-13(18)16(11)19/h2-4,9,12,20H,5-8,10H2,1H3,(H,21,22,23). The summed E-state index contributed by atoms with van der Waals surface area (Å²) in [5.41, 5.74) is 0.160. The molecular weight excluding hydrogens is 410 g/mol. The van der Waals surface area contributed by atoms with Crippen LogP contribution in [0, 0.1) is 11.6 Å². The molecule has 2 aromatic rings. The van der Waals surface area contributed by atoms with E-state index >= 15 is 0 Å². The summed E-state index contributed by atoms with van der Waals surface area (Å²) in [6.07, 6.45) is 1.02. The Labute approximate surface area is 166 Å². The summed E-state index contributed by atoms with van der Waals surface area (Å²) >= 11 is 1.05. The molecule has 1 aliphatic heterocycles. The molecule has 28 heavy (non-hydrogen) atoms. The van der Waals surface area contributed by atoms with E-state index in [0.29, 0.717) is 25.9 Å². The molecule has 1 aromatic heterocycles. The minimum absolute atomic E-state index is 0.0765. The maximum absolute atomic E-state index is 13.8. The Morgan fingerprint density at radius 1 is 1.29 bits per heavy atom. The first kappa shape index (κ1) is 20.7. The number of anilines is 1. The number of piperidine rings is 1. The summed E-state index contributed by atoms with van der Waals surface area (Å²) in [5, 5.41) is 2.80. The van der Waals surface area contributed by atoms with Crippen LogP contribution in [0.4, 0.5) is 14.6 Å². The molecule has 1 aliphatic rings. The molecule has 0 atom stereocenters. The van der Waals surface area contributed by atoms with Gasteiger partial charge in [0.2, 0.25) is 15.9 Å². The summed E-state index contributed by atoms with van der Waals surface area (Å²) < 4.78 is 59.9. The van der Waals surface area contributed by atoms with Gasteiger partial charge in [-0.05, 0) is 32.0 Å². The monoisotopic (exact) mass is 430 g/mol. The van der Waals surface area contributed by atoms with Crippen molar-refractivity contribution >= 4 is 27.6 Å². The maximum Gasteiger partial charge on any atom is 0.236 e. The number of nitrogens with zero attached hydrogens (tertiary/aromatic N) is 2. The lowest BCUT2D eigenvalue weighted by Gasteiger charge is -2.23. The van der Waals surface area contributed by atoms with Crippen LogP contribution in [0.25, 0.3) is 0 Å². The molecule has 1 fully saturated rings. The number of hydrogen-bond acceptors (Lipinski definition) is 7. The third-order valence-corrected chi connectivity index (χ3v) is 6.99. The van der Waals surface area contributed by atoms with Gasteiger partial charge in [-0.1, -0.05) is 23.9 Å². The molecule has 1 aromatic carbocycles. The normalized spacial score (nSPS) is 15.4. The van der Waals surface area contributed by atoms with Gasteiger partial charge < -0.3 is 10.1 Å². The molecular formula is C17H20F2N4O3S2. The molecule has 152 valence electrons. The number of sulfonamides is 1. The zero-order chi connectivity index (χ0) is 20.1. The molecule has 0 saturated carbocycles. The van der Waals surface area contributed by atoms with Gasteiger partial charge in [-0.3, -0.25) is 4.72 Å². The minimum atomic E-state index is -3.61. The van der Waals surface area contributed by atoms with Crippen LogP contribution in [0.1, 0.15) is 18.4 Å². The van der Waals surface area contributed by atoms with Crippen LogP contribution in [0.2, 0.25) is 0 Å². The Morgan fingerprint density at radius 3 is 2.75 bits per heavy atom. The van der Waals surface area contributed by atoms with Crippen molar-refractivity contribution < 1.29 is 21.9 Å². The number of nitrogens with one attached hydrogen (secondary N) is 2. The molecule has 0 radical (unpaired) electrons. The average Bonchev–Trinajstić information content (AvgIpc) is 2.69. The SMILES string of the molecule is COc1cc(NS(=O)(=O)C2CCNCC2)nc(SCc2cccc(F)c2F)n1. The number of ether oxygens (including phenoxy) is 1. The topological polar surface area (TPSA) is 93.2 Å². The summed E-state index contributed by atoms with van der Waals surface area (Å²) in [7, 11) is -2.22. The van der Waals surface area contributed by atoms with Crippen molar-refractivity contribution in [1.29, 1.82) is 0 Å². The average molecular weight is 431 g/mol. The Bertz CT molecular complexity index is 938. The predicted molar refractivity (Wildman–Crippen MR) is 103 cm³/mol. The Morgan fingerprint density at radius 2 is 2.04 bits per heavy atom. The lowest BCUT2D eigenvalue weighted by Crippen LogP contribution is -2.38. The fourth-order valence-corrected chi connectivity index (χ4v) is 5.01. The maximum atomic E-state index is 13.8. The van der Waals surface area contributed by atoms with E-state index in [9.17, 15) is 17.2 Å². The predicted octanol–water partition coefficient (Wildman–Crippen LogP) is 2.55. The smallest absolute Gasteiger partial charge is 0.236 e. The second kappa shape index (κ2) is 9.01. The molecule has 2 heterocycles. The number of methoxy groups -OCH3 is 1. The van der Waals surface area contributed by atoms with Gasteiger partial charge in [0.25, 0.3) is 0 Å². The quantitative estimate of drug-likeness (QED) is 0.515. The first-order chi connectivity index (χ1) is 13.4. The number of halogens is 2. The van der Waals surface area contributed by atoms with Gasteiger partial charge in [-0.15, -0.1) is 0 Å². The van der Waals surface area contributed by atoms with Crippen molar-refractivity contribution in [2.45, 2.75) is 29.0 Å². The molecule has 2 N–H and O–H groups in total. The van der Waals surface area contributed by atoms with Gasteiger partial charge in [-0.25, -0.2) is 22.2 Å². The van der Waals surface area contributed by atoms with E-state index in [4.69, 9.17) is 4.74 Å². The van der Waals surface area contributed by atoms with Crippen LogP contribution < -0.4 is 14.8 Å².